The summed E-state index contributed by atoms with van der Waals surface area (Å²) < 4.78 is 67.4. The van der Waals surface area contributed by atoms with E-state index in [0.717, 1.165) is 18.7 Å². The lowest BCUT2D eigenvalue weighted by atomic mass is 9.78. The number of nitrogens with zero attached hydrogens (tertiary/aromatic N) is 1. The van der Waals surface area contributed by atoms with E-state index in [4.69, 9.17) is 11.6 Å². The summed E-state index contributed by atoms with van der Waals surface area (Å²) in [4.78, 5) is 20.1. The Balaban J connectivity index is 1.39. The smallest absolute Gasteiger partial charge is 0.255 e. The molecule has 1 heterocycles. The average Bonchev–Trinajstić information content (AvgIpc) is 3.42. The monoisotopic (exact) mass is 523 g/mol. The largest absolute Gasteiger partial charge is 0.348 e. The van der Waals surface area contributed by atoms with Gasteiger partial charge in [-0.1, -0.05) is 11.6 Å². The van der Waals surface area contributed by atoms with Crippen LogP contribution in [0.4, 0.5) is 18.9 Å². The number of imidazole rings is 1. The summed E-state index contributed by atoms with van der Waals surface area (Å²) in [6.07, 6.45) is 6.23. The van der Waals surface area contributed by atoms with Crippen LogP contribution in [0, 0.1) is 29.3 Å². The molecule has 2 fully saturated rings. The number of nitrogens with one attached hydrogen (secondary N) is 2. The lowest BCUT2D eigenvalue weighted by Crippen LogP contribution is -2.34. The van der Waals surface area contributed by atoms with Crippen LogP contribution in [0.15, 0.2) is 47.6 Å². The van der Waals surface area contributed by atoms with Crippen LogP contribution in [0.2, 0.25) is 5.02 Å². The summed E-state index contributed by atoms with van der Waals surface area (Å²) in [6.45, 7) is 0. The first kappa shape index (κ1) is 23.9. The van der Waals surface area contributed by atoms with E-state index >= 15 is 0 Å². The third-order valence-corrected chi connectivity index (χ3v) is 9.73. The highest BCUT2D eigenvalue weighted by Gasteiger charge is 2.48. The Bertz CT molecular complexity index is 1360. The van der Waals surface area contributed by atoms with E-state index in [1.165, 1.54) is 18.2 Å². The number of aromatic nitrogens is 2. The molecule has 6 nitrogen and oxygen atoms in total. The predicted molar refractivity (Wildman–Crippen MR) is 123 cm³/mol. The normalized spacial score (nSPS) is 23.9. The number of hydrogen-bond donors (Lipinski definition) is 2. The first-order valence-corrected chi connectivity index (χ1v) is 13.1. The molecule has 0 aliphatic heterocycles. The Labute approximate surface area is 204 Å². The number of carbonyl (C=O) groups excluding carboxylic acids is 1. The molecule has 1 aromatic heterocycles. The molecule has 2 N–H and O–H groups in total. The number of benzene rings is 2. The van der Waals surface area contributed by atoms with Gasteiger partial charge in [-0.15, -0.1) is 0 Å². The molecule has 2 aliphatic carbocycles. The Morgan fingerprint density at radius 1 is 1.06 bits per heavy atom. The molecule has 2 aliphatic rings. The zero-order valence-electron chi connectivity index (χ0n) is 18.3. The van der Waals surface area contributed by atoms with Gasteiger partial charge in [-0.2, -0.15) is 0 Å². The van der Waals surface area contributed by atoms with E-state index in [2.05, 4.69) is 15.3 Å². The molecule has 2 atom stereocenters. The van der Waals surface area contributed by atoms with Crippen LogP contribution in [-0.4, -0.2) is 29.5 Å². The summed E-state index contributed by atoms with van der Waals surface area (Å²) in [5.41, 5.74) is -0.371. The lowest BCUT2D eigenvalue weighted by molar-refractivity contribution is 0.102. The molecule has 2 unspecified atom stereocenters. The number of aromatic amines is 1. The SMILES string of the molecule is O=C(Nc1cc(F)c(F)c(F)c1)c1ccc(Cl)c(S(=O)(=O)[C@H]2CC3CCC(C2)[C@H]3c2ncc[nH]2)c1. The fourth-order valence-corrected chi connectivity index (χ4v) is 7.94. The molecule has 5 rings (SSSR count). The van der Waals surface area contributed by atoms with Gasteiger partial charge in [-0.3, -0.25) is 4.79 Å². The first-order valence-electron chi connectivity index (χ1n) is 11.1. The summed E-state index contributed by atoms with van der Waals surface area (Å²) in [6, 6.07) is 5.06. The molecule has 3 aromatic rings. The zero-order chi connectivity index (χ0) is 24.9. The van der Waals surface area contributed by atoms with Gasteiger partial charge in [-0.05, 0) is 55.7 Å². The summed E-state index contributed by atoms with van der Waals surface area (Å²) >= 11 is 6.26. The number of rotatable bonds is 5. The fraction of sp³-hybridized carbons (Fsp3) is 0.333. The average molecular weight is 524 g/mol. The highest BCUT2D eigenvalue weighted by molar-refractivity contribution is 7.92. The predicted octanol–water partition coefficient (Wildman–Crippen LogP) is 5.48. The van der Waals surface area contributed by atoms with Crippen molar-refractivity contribution in [2.45, 2.75) is 41.7 Å². The van der Waals surface area contributed by atoms with Crippen LogP contribution in [0.3, 0.4) is 0 Å². The van der Waals surface area contributed by atoms with Crippen molar-refractivity contribution >= 4 is 33.0 Å². The van der Waals surface area contributed by atoms with Crippen molar-refractivity contribution in [1.29, 1.82) is 0 Å². The minimum atomic E-state index is -3.87. The van der Waals surface area contributed by atoms with Crippen molar-refractivity contribution in [3.05, 3.63) is 76.6 Å². The molecule has 184 valence electrons. The van der Waals surface area contributed by atoms with Crippen molar-refractivity contribution in [3.8, 4) is 0 Å². The van der Waals surface area contributed by atoms with Gasteiger partial charge in [-0.25, -0.2) is 26.6 Å². The number of carbonyl (C=O) groups is 1. The topological polar surface area (TPSA) is 91.9 Å². The Morgan fingerprint density at radius 2 is 1.71 bits per heavy atom. The van der Waals surface area contributed by atoms with Crippen LogP contribution in [0.25, 0.3) is 0 Å². The number of halogens is 4. The van der Waals surface area contributed by atoms with Gasteiger partial charge >= 0.3 is 0 Å². The number of fused-ring (bicyclic) bond motifs is 2. The fourth-order valence-electron chi connectivity index (χ4n) is 5.51. The van der Waals surface area contributed by atoms with Gasteiger partial charge < -0.3 is 10.3 Å². The molecule has 11 heteroatoms. The van der Waals surface area contributed by atoms with Gasteiger partial charge in [0.1, 0.15) is 5.82 Å². The van der Waals surface area contributed by atoms with Crippen molar-refractivity contribution < 1.29 is 26.4 Å². The summed E-state index contributed by atoms with van der Waals surface area (Å²) in [5, 5.41) is 1.59. The van der Waals surface area contributed by atoms with Crippen molar-refractivity contribution in [2.75, 3.05) is 5.32 Å². The standard InChI is InChI=1S/C24H21ClF3N3O3S/c25-17-4-3-14(24(32)31-15-10-18(26)22(28)19(27)11-15)9-20(17)35(33,34)16-7-12-1-2-13(8-16)21(12)23-29-5-6-30-23/h3-6,9-13,16,21H,1-2,7-8H2,(H,29,30)(H,31,32)/t12?,13?,16-,21-. The third-order valence-electron chi connectivity index (χ3n) is 7.07. The van der Waals surface area contributed by atoms with Crippen molar-refractivity contribution in [3.63, 3.8) is 0 Å². The highest BCUT2D eigenvalue weighted by atomic mass is 35.5. The van der Waals surface area contributed by atoms with E-state index < -0.39 is 38.4 Å². The maximum Gasteiger partial charge on any atom is 0.255 e. The number of amides is 1. The van der Waals surface area contributed by atoms with E-state index in [-0.39, 0.29) is 38.9 Å². The van der Waals surface area contributed by atoms with Crippen LogP contribution in [0.5, 0.6) is 0 Å². The lowest BCUT2D eigenvalue weighted by Gasteiger charge is -2.34. The number of sulfone groups is 1. The molecular weight excluding hydrogens is 503 g/mol. The van der Waals surface area contributed by atoms with E-state index in [1.807, 2.05) is 0 Å². The van der Waals surface area contributed by atoms with E-state index in [9.17, 15) is 26.4 Å². The maximum atomic E-state index is 13.6. The van der Waals surface area contributed by atoms with Crippen molar-refractivity contribution in [2.24, 2.45) is 11.8 Å². The second-order valence-corrected chi connectivity index (χ2v) is 11.7. The second kappa shape index (κ2) is 8.98. The highest BCUT2D eigenvalue weighted by Crippen LogP contribution is 2.53. The Kier molecular flexibility index (Phi) is 6.13. The van der Waals surface area contributed by atoms with Crippen LogP contribution < -0.4 is 5.32 Å². The van der Waals surface area contributed by atoms with E-state index in [1.54, 1.807) is 12.4 Å². The number of hydrogen-bond acceptors (Lipinski definition) is 4. The number of anilines is 1. The van der Waals surface area contributed by atoms with Crippen molar-refractivity contribution in [1.82, 2.24) is 9.97 Å². The molecule has 0 radical (unpaired) electrons. The van der Waals surface area contributed by atoms with Crippen LogP contribution in [0.1, 0.15) is 47.8 Å². The van der Waals surface area contributed by atoms with Gasteiger partial charge in [0.15, 0.2) is 27.3 Å². The van der Waals surface area contributed by atoms with Gasteiger partial charge in [0.25, 0.3) is 5.91 Å². The minimum absolute atomic E-state index is 0.0130. The molecule has 2 saturated carbocycles. The van der Waals surface area contributed by atoms with Gasteiger partial charge in [0.05, 0.1) is 15.2 Å². The quantitative estimate of drug-likeness (QED) is 0.433. The van der Waals surface area contributed by atoms with Crippen LogP contribution >= 0.6 is 11.6 Å². The number of H-pyrrole nitrogens is 1. The Morgan fingerprint density at radius 3 is 2.31 bits per heavy atom. The third kappa shape index (κ3) is 4.33. The summed E-state index contributed by atoms with van der Waals surface area (Å²) in [7, 11) is -3.87. The Hall–Kier alpha value is -2.85. The molecule has 0 saturated heterocycles. The minimum Gasteiger partial charge on any atom is -0.348 e. The zero-order valence-corrected chi connectivity index (χ0v) is 19.8. The maximum absolute atomic E-state index is 13.6. The molecule has 2 bridgehead atoms. The molecule has 35 heavy (non-hydrogen) atoms. The van der Waals surface area contributed by atoms with Gasteiger partial charge in [0.2, 0.25) is 0 Å². The summed E-state index contributed by atoms with van der Waals surface area (Å²) in [5.74, 6) is -3.96. The van der Waals surface area contributed by atoms with Crippen LogP contribution in [-0.2, 0) is 9.84 Å². The second-order valence-electron chi connectivity index (χ2n) is 9.09. The molecule has 1 amide bonds. The molecular formula is C24H21ClF3N3O3S. The molecule has 0 spiro atoms. The van der Waals surface area contributed by atoms with Gasteiger partial charge in [0, 0.05) is 41.7 Å². The first-order chi connectivity index (χ1) is 16.6. The van der Waals surface area contributed by atoms with E-state index in [0.29, 0.717) is 25.0 Å². The molecule has 2 aromatic carbocycles.